The van der Waals surface area contributed by atoms with Crippen LogP contribution in [0.3, 0.4) is 0 Å². The second kappa shape index (κ2) is 9.92. The average molecular weight is 574 g/mol. The summed E-state index contributed by atoms with van der Waals surface area (Å²) in [5.74, 6) is -0.416. The molecule has 6 heteroatoms. The minimum atomic E-state index is -0.283. The first-order chi connectivity index (χ1) is 12.1. The Hall–Kier alpha value is -1.61. The van der Waals surface area contributed by atoms with Crippen molar-refractivity contribution in [3.8, 4) is 11.1 Å². The van der Waals surface area contributed by atoms with E-state index >= 15 is 0 Å². The zero-order valence-electron chi connectivity index (χ0n) is 14.6. The van der Waals surface area contributed by atoms with Crippen LogP contribution >= 0.6 is 0 Å². The molecule has 5 nitrogen and oxygen atoms in total. The first-order valence-corrected chi connectivity index (χ1v) is 8.40. The molecule has 0 atom stereocenters. The average Bonchev–Trinajstić information content (AvgIpc) is 2.63. The van der Waals surface area contributed by atoms with Crippen molar-refractivity contribution in [3.63, 3.8) is 0 Å². The van der Waals surface area contributed by atoms with Crippen LogP contribution in [0.1, 0.15) is 6.42 Å². The number of rotatable bonds is 4. The van der Waals surface area contributed by atoms with Crippen molar-refractivity contribution in [3.05, 3.63) is 61.6 Å². The number of hydrogen-bond donors (Lipinski definition) is 1. The summed E-state index contributed by atoms with van der Waals surface area (Å²) >= 11 is 0. The third-order valence-electron chi connectivity index (χ3n) is 4.31. The minimum Gasteiger partial charge on any atom is -0.456 e. The summed E-state index contributed by atoms with van der Waals surface area (Å²) in [5.41, 5.74) is 2.90. The standard InChI is InChI=1S/C20H22N3O2.U/c1-22-11-13-23(14-12-22)20(25)15-19(24)21-18-9-7-17(8-10-18)16-5-3-2-4-6-16;/h2-10H,1,11-15H2,(H,21,24);/q-1;. The quantitative estimate of drug-likeness (QED) is 0.452. The Morgan fingerprint density at radius 2 is 1.46 bits per heavy atom. The summed E-state index contributed by atoms with van der Waals surface area (Å²) in [6, 6.07) is 17.7. The van der Waals surface area contributed by atoms with Crippen LogP contribution in [0, 0.1) is 38.2 Å². The molecular weight excluding hydrogens is 552 g/mol. The van der Waals surface area contributed by atoms with Gasteiger partial charge in [-0.1, -0.05) is 42.5 Å². The molecule has 0 unspecified atom stereocenters. The van der Waals surface area contributed by atoms with Crippen LogP contribution in [0.5, 0.6) is 0 Å². The van der Waals surface area contributed by atoms with Crippen molar-refractivity contribution >= 4 is 17.5 Å². The zero-order valence-corrected chi connectivity index (χ0v) is 18.8. The largest absolute Gasteiger partial charge is 0.456 e. The topological polar surface area (TPSA) is 52.7 Å². The van der Waals surface area contributed by atoms with Crippen molar-refractivity contribution in [1.29, 1.82) is 0 Å². The molecule has 0 aliphatic carbocycles. The van der Waals surface area contributed by atoms with Crippen molar-refractivity contribution < 1.29 is 40.7 Å². The Kier molecular flexibility index (Phi) is 7.89. The third kappa shape index (κ3) is 5.70. The zero-order chi connectivity index (χ0) is 17.6. The van der Waals surface area contributed by atoms with E-state index in [2.05, 4.69) is 12.4 Å². The summed E-state index contributed by atoms with van der Waals surface area (Å²) in [4.78, 5) is 27.9. The summed E-state index contributed by atoms with van der Waals surface area (Å²) in [5, 5.41) is 2.79. The third-order valence-corrected chi connectivity index (χ3v) is 4.31. The maximum atomic E-state index is 12.2. The van der Waals surface area contributed by atoms with Crippen LogP contribution in [0.2, 0.25) is 0 Å². The van der Waals surface area contributed by atoms with Gasteiger partial charge in [-0.05, 0) is 36.3 Å². The number of carbonyl (C=O) groups is 2. The van der Waals surface area contributed by atoms with Gasteiger partial charge in [0.25, 0.3) is 0 Å². The molecule has 1 saturated heterocycles. The number of amides is 2. The van der Waals surface area contributed by atoms with E-state index in [9.17, 15) is 9.59 Å². The monoisotopic (exact) mass is 574 g/mol. The molecule has 1 aliphatic heterocycles. The van der Waals surface area contributed by atoms with Gasteiger partial charge in [0.05, 0.1) is 0 Å². The molecule has 2 aromatic carbocycles. The number of benzene rings is 2. The molecule has 0 bridgehead atoms. The fourth-order valence-corrected chi connectivity index (χ4v) is 2.83. The molecule has 134 valence electrons. The normalized spacial score (nSPS) is 14.4. The molecule has 0 aromatic heterocycles. The molecule has 0 spiro atoms. The Bertz CT molecular complexity index is 726. The van der Waals surface area contributed by atoms with Gasteiger partial charge in [0.15, 0.2) is 0 Å². The molecule has 2 amide bonds. The second-order valence-electron chi connectivity index (χ2n) is 6.17. The summed E-state index contributed by atoms with van der Waals surface area (Å²) < 4.78 is 0. The van der Waals surface area contributed by atoms with E-state index in [0.29, 0.717) is 18.8 Å². The predicted molar refractivity (Wildman–Crippen MR) is 98.6 cm³/mol. The maximum absolute atomic E-state index is 12.2. The van der Waals surface area contributed by atoms with E-state index < -0.39 is 0 Å². The smallest absolute Gasteiger partial charge is 0.233 e. The molecule has 3 rings (SSSR count). The molecule has 0 saturated carbocycles. The van der Waals surface area contributed by atoms with Gasteiger partial charge in [-0.25, -0.2) is 0 Å². The van der Waals surface area contributed by atoms with Crippen LogP contribution in [-0.2, 0) is 9.59 Å². The Labute approximate surface area is 178 Å². The molecule has 1 heterocycles. The minimum absolute atomic E-state index is 0. The van der Waals surface area contributed by atoms with E-state index in [1.54, 1.807) is 4.90 Å². The first-order valence-electron chi connectivity index (χ1n) is 8.40. The Morgan fingerprint density at radius 3 is 2.08 bits per heavy atom. The van der Waals surface area contributed by atoms with Gasteiger partial charge in [-0.15, -0.1) is 0 Å². The molecule has 26 heavy (non-hydrogen) atoms. The van der Waals surface area contributed by atoms with Gasteiger partial charge in [-0.2, -0.15) is 0 Å². The summed E-state index contributed by atoms with van der Waals surface area (Å²) in [6.07, 6.45) is -0.127. The number of nitrogens with zero attached hydrogens (tertiary/aromatic N) is 2. The first kappa shape index (κ1) is 20.7. The molecule has 0 radical (unpaired) electrons. The number of carbonyl (C=O) groups excluding carboxylic acids is 2. The number of nitrogens with one attached hydrogen (secondary N) is 1. The van der Waals surface area contributed by atoms with E-state index in [0.717, 1.165) is 24.2 Å². The van der Waals surface area contributed by atoms with Crippen molar-refractivity contribution in [2.75, 3.05) is 31.5 Å². The summed E-state index contributed by atoms with van der Waals surface area (Å²) in [7, 11) is 3.85. The summed E-state index contributed by atoms with van der Waals surface area (Å²) in [6.45, 7) is 2.74. The molecule has 2 aromatic rings. The van der Waals surface area contributed by atoms with Gasteiger partial charge < -0.3 is 15.1 Å². The fraction of sp³-hybridized carbons (Fsp3) is 0.250. The fourth-order valence-electron chi connectivity index (χ4n) is 2.83. The molecule has 1 N–H and O–H groups in total. The van der Waals surface area contributed by atoms with E-state index in [4.69, 9.17) is 0 Å². The number of anilines is 1. The van der Waals surface area contributed by atoms with Crippen LogP contribution in [0.25, 0.3) is 11.1 Å². The Balaban J connectivity index is 0.00000243. The van der Waals surface area contributed by atoms with E-state index in [-0.39, 0.29) is 49.3 Å². The van der Waals surface area contributed by atoms with Crippen LogP contribution in [0.4, 0.5) is 5.69 Å². The van der Waals surface area contributed by atoms with Gasteiger partial charge in [-0.3, -0.25) is 16.6 Å². The van der Waals surface area contributed by atoms with Gasteiger partial charge >= 0.3 is 0 Å². The van der Waals surface area contributed by atoms with E-state index in [1.165, 1.54) is 0 Å². The van der Waals surface area contributed by atoms with Gasteiger partial charge in [0, 0.05) is 49.9 Å². The van der Waals surface area contributed by atoms with Gasteiger partial charge in [0.1, 0.15) is 6.42 Å². The molecular formula is C20H22N3O2U-. The van der Waals surface area contributed by atoms with Crippen LogP contribution in [-0.4, -0.2) is 47.8 Å². The van der Waals surface area contributed by atoms with E-state index in [1.807, 2.05) is 59.5 Å². The van der Waals surface area contributed by atoms with Crippen LogP contribution in [0.15, 0.2) is 54.6 Å². The maximum Gasteiger partial charge on any atom is 0.233 e. The number of piperazine rings is 1. The second-order valence-corrected chi connectivity index (χ2v) is 6.17. The van der Waals surface area contributed by atoms with Crippen molar-refractivity contribution in [2.24, 2.45) is 0 Å². The molecule has 1 aliphatic rings. The van der Waals surface area contributed by atoms with Gasteiger partial charge in [0.2, 0.25) is 11.8 Å². The Morgan fingerprint density at radius 1 is 0.885 bits per heavy atom. The van der Waals surface area contributed by atoms with Crippen molar-refractivity contribution in [2.45, 2.75) is 6.42 Å². The SMILES string of the molecule is [CH2-]N1CCN(C(=O)CC(=O)Nc2ccc(-c3ccccc3)cc2)CC1.[U]. The predicted octanol–water partition coefficient (Wildman–Crippen LogP) is 2.62. The van der Waals surface area contributed by atoms with Crippen LogP contribution < -0.4 is 5.32 Å². The number of hydrogen-bond acceptors (Lipinski definition) is 3. The van der Waals surface area contributed by atoms with Crippen molar-refractivity contribution in [1.82, 2.24) is 9.80 Å². The molecule has 1 fully saturated rings.